The fraction of sp³-hybridized carbons (Fsp3) is 0.214. The number of rotatable bonds is 9. The highest BCUT2D eigenvalue weighted by molar-refractivity contribution is 9.10. The van der Waals surface area contributed by atoms with E-state index in [9.17, 15) is 14.7 Å². The van der Waals surface area contributed by atoms with Crippen LogP contribution in [0, 0.1) is 0 Å². The van der Waals surface area contributed by atoms with E-state index in [0.29, 0.717) is 39.4 Å². The van der Waals surface area contributed by atoms with Gasteiger partial charge in [-0.15, -0.1) is 0 Å². The van der Waals surface area contributed by atoms with Gasteiger partial charge in [-0.3, -0.25) is 4.79 Å². The molecule has 4 rings (SSSR count). The molecule has 10 heteroatoms. The van der Waals surface area contributed by atoms with Crippen molar-refractivity contribution in [3.63, 3.8) is 0 Å². The Labute approximate surface area is 236 Å². The number of benzene rings is 3. The lowest BCUT2D eigenvalue weighted by Gasteiger charge is -2.16. The van der Waals surface area contributed by atoms with Crippen LogP contribution in [0.5, 0.6) is 11.5 Å². The van der Waals surface area contributed by atoms with Crippen LogP contribution in [0.2, 0.25) is 0 Å². The molecule has 0 radical (unpaired) electrons. The van der Waals surface area contributed by atoms with Gasteiger partial charge in [-0.2, -0.15) is 9.78 Å². The molecule has 0 bridgehead atoms. The lowest BCUT2D eigenvalue weighted by molar-refractivity contribution is 0.0696. The summed E-state index contributed by atoms with van der Waals surface area (Å²) < 4.78 is 14.5. The minimum Gasteiger partial charge on any atom is -0.493 e. The predicted octanol–water partition coefficient (Wildman–Crippen LogP) is 6.60. The molecule has 1 atom stereocenters. The van der Waals surface area contributed by atoms with E-state index in [1.165, 1.54) is 24.1 Å². The minimum atomic E-state index is -1.01. The molecule has 0 unspecified atom stereocenters. The zero-order chi connectivity index (χ0) is 27.4. The number of aromatic nitrogens is 2. The Hall–Kier alpha value is -3.50. The summed E-state index contributed by atoms with van der Waals surface area (Å²) in [6.45, 7) is 4.13. The quantitative estimate of drug-likeness (QED) is 0.206. The number of fused-ring (bicyclic) bond motifs is 1. The summed E-state index contributed by atoms with van der Waals surface area (Å²) in [5.74, 6) is 0.375. The number of ether oxygens (including phenoxy) is 2. The molecule has 0 aliphatic rings. The third-order valence-corrected chi connectivity index (χ3v) is 6.98. The molecule has 0 saturated heterocycles. The van der Waals surface area contributed by atoms with Gasteiger partial charge in [0, 0.05) is 20.4 Å². The second-order valence-electron chi connectivity index (χ2n) is 8.62. The van der Waals surface area contributed by atoms with Crippen molar-refractivity contribution in [3.05, 3.63) is 96.4 Å². The number of halogens is 2. The molecule has 0 fully saturated rings. The standard InChI is InChI=1S/C28H25Br2N3O5/c1-4-16(2)26-32-23-9-8-20(29)12-22(23)27(34)33(26)31-14-19-11-21(30)13-24(37-3)25(19)38-15-17-6-5-7-18(10-17)28(35)36/h5-14,16H,4,15H2,1-3H3,(H,35,36)/t16-/m0/s1. The molecule has 1 aromatic heterocycles. The Kier molecular flexibility index (Phi) is 8.63. The molecular formula is C28H25Br2N3O5. The summed E-state index contributed by atoms with van der Waals surface area (Å²) in [5.41, 5.74) is 1.73. The Morgan fingerprint density at radius 2 is 1.95 bits per heavy atom. The lowest BCUT2D eigenvalue weighted by atomic mass is 10.1. The van der Waals surface area contributed by atoms with E-state index < -0.39 is 5.97 Å². The van der Waals surface area contributed by atoms with Gasteiger partial charge in [0.1, 0.15) is 12.4 Å². The van der Waals surface area contributed by atoms with Gasteiger partial charge in [-0.1, -0.05) is 57.8 Å². The summed E-state index contributed by atoms with van der Waals surface area (Å²) in [7, 11) is 1.53. The van der Waals surface area contributed by atoms with Gasteiger partial charge in [-0.05, 0) is 54.4 Å². The van der Waals surface area contributed by atoms with Crippen molar-refractivity contribution in [3.8, 4) is 11.5 Å². The molecule has 38 heavy (non-hydrogen) atoms. The average Bonchev–Trinajstić information content (AvgIpc) is 2.91. The van der Waals surface area contributed by atoms with E-state index in [1.54, 1.807) is 36.4 Å². The van der Waals surface area contributed by atoms with Gasteiger partial charge < -0.3 is 14.6 Å². The number of carboxylic acid groups (broad SMARTS) is 1. The third kappa shape index (κ3) is 5.97. The predicted molar refractivity (Wildman–Crippen MR) is 154 cm³/mol. The highest BCUT2D eigenvalue weighted by Crippen LogP contribution is 2.35. The summed E-state index contributed by atoms with van der Waals surface area (Å²) in [5, 5.41) is 14.3. The summed E-state index contributed by atoms with van der Waals surface area (Å²) in [6.07, 6.45) is 2.31. The second kappa shape index (κ2) is 11.9. The maximum atomic E-state index is 13.5. The van der Waals surface area contributed by atoms with E-state index in [2.05, 4.69) is 37.0 Å². The van der Waals surface area contributed by atoms with Crippen molar-refractivity contribution < 1.29 is 19.4 Å². The first-order valence-electron chi connectivity index (χ1n) is 11.8. The summed E-state index contributed by atoms with van der Waals surface area (Å²) in [4.78, 5) is 29.6. The van der Waals surface area contributed by atoms with E-state index in [4.69, 9.17) is 14.5 Å². The minimum absolute atomic E-state index is 0.0119. The fourth-order valence-corrected chi connectivity index (χ4v) is 4.66. The van der Waals surface area contributed by atoms with Crippen molar-refractivity contribution >= 4 is 54.9 Å². The Morgan fingerprint density at radius 3 is 2.66 bits per heavy atom. The van der Waals surface area contributed by atoms with E-state index in [-0.39, 0.29) is 23.6 Å². The molecule has 1 N–H and O–H groups in total. The molecule has 0 amide bonds. The zero-order valence-electron chi connectivity index (χ0n) is 20.9. The van der Waals surface area contributed by atoms with Crippen LogP contribution < -0.4 is 15.0 Å². The van der Waals surface area contributed by atoms with Crippen molar-refractivity contribution in [2.24, 2.45) is 5.10 Å². The van der Waals surface area contributed by atoms with Crippen LogP contribution in [-0.2, 0) is 6.61 Å². The van der Waals surface area contributed by atoms with E-state index in [1.807, 2.05) is 26.0 Å². The molecule has 4 aromatic rings. The topological polar surface area (TPSA) is 103 Å². The van der Waals surface area contributed by atoms with Gasteiger partial charge >= 0.3 is 5.97 Å². The van der Waals surface area contributed by atoms with Gasteiger partial charge in [-0.25, -0.2) is 9.78 Å². The first-order valence-corrected chi connectivity index (χ1v) is 13.4. The Morgan fingerprint density at radius 1 is 1.16 bits per heavy atom. The third-order valence-electron chi connectivity index (χ3n) is 6.02. The number of carbonyl (C=O) groups is 1. The number of nitrogens with zero attached hydrogens (tertiary/aromatic N) is 3. The van der Waals surface area contributed by atoms with Crippen LogP contribution >= 0.6 is 31.9 Å². The number of methoxy groups -OCH3 is 1. The van der Waals surface area contributed by atoms with Gasteiger partial charge in [0.05, 0.1) is 29.8 Å². The van der Waals surface area contributed by atoms with Gasteiger partial charge in [0.25, 0.3) is 5.56 Å². The maximum absolute atomic E-state index is 13.5. The van der Waals surface area contributed by atoms with Crippen molar-refractivity contribution in [2.75, 3.05) is 7.11 Å². The number of hydrogen-bond acceptors (Lipinski definition) is 6. The Bertz CT molecular complexity index is 1600. The van der Waals surface area contributed by atoms with Crippen LogP contribution in [0.3, 0.4) is 0 Å². The molecule has 0 spiro atoms. The van der Waals surface area contributed by atoms with E-state index >= 15 is 0 Å². The van der Waals surface area contributed by atoms with Crippen molar-refractivity contribution in [1.82, 2.24) is 9.66 Å². The Balaban J connectivity index is 1.79. The maximum Gasteiger partial charge on any atom is 0.335 e. The molecular weight excluding hydrogens is 618 g/mol. The molecule has 0 aliphatic heterocycles. The van der Waals surface area contributed by atoms with Crippen molar-refractivity contribution in [2.45, 2.75) is 32.8 Å². The highest BCUT2D eigenvalue weighted by Gasteiger charge is 2.17. The first kappa shape index (κ1) is 27.5. The zero-order valence-corrected chi connectivity index (χ0v) is 24.1. The van der Waals surface area contributed by atoms with Crippen LogP contribution in [0.1, 0.15) is 53.5 Å². The van der Waals surface area contributed by atoms with Gasteiger partial charge in [0.2, 0.25) is 0 Å². The molecule has 3 aromatic carbocycles. The summed E-state index contributed by atoms with van der Waals surface area (Å²) in [6, 6.07) is 15.5. The number of aromatic carboxylic acids is 1. The summed E-state index contributed by atoms with van der Waals surface area (Å²) >= 11 is 6.92. The number of hydrogen-bond donors (Lipinski definition) is 1. The highest BCUT2D eigenvalue weighted by atomic mass is 79.9. The average molecular weight is 643 g/mol. The first-order chi connectivity index (χ1) is 18.2. The molecule has 196 valence electrons. The van der Waals surface area contributed by atoms with E-state index in [0.717, 1.165) is 15.4 Å². The molecule has 8 nitrogen and oxygen atoms in total. The molecule has 0 aliphatic carbocycles. The second-order valence-corrected chi connectivity index (χ2v) is 10.5. The fourth-order valence-electron chi connectivity index (χ4n) is 3.84. The van der Waals surface area contributed by atoms with Crippen LogP contribution in [-0.4, -0.2) is 34.1 Å². The smallest absolute Gasteiger partial charge is 0.335 e. The van der Waals surface area contributed by atoms with Crippen LogP contribution in [0.4, 0.5) is 0 Å². The van der Waals surface area contributed by atoms with Crippen molar-refractivity contribution in [1.29, 1.82) is 0 Å². The normalized spacial score (nSPS) is 12.1. The van der Waals surface area contributed by atoms with Gasteiger partial charge in [0.15, 0.2) is 11.5 Å². The van der Waals surface area contributed by atoms with Crippen LogP contribution in [0.25, 0.3) is 10.9 Å². The largest absolute Gasteiger partial charge is 0.493 e. The lowest BCUT2D eigenvalue weighted by Crippen LogP contribution is -2.23. The molecule has 0 saturated carbocycles. The SMILES string of the molecule is CC[C@H](C)c1nc2ccc(Br)cc2c(=O)n1N=Cc1cc(Br)cc(OC)c1OCc1cccc(C(=O)O)c1. The number of carboxylic acids is 1. The monoisotopic (exact) mass is 641 g/mol. The van der Waals surface area contributed by atoms with Crippen LogP contribution in [0.15, 0.2) is 73.4 Å². The molecule has 1 heterocycles.